The highest BCUT2D eigenvalue weighted by Gasteiger charge is 2.11. The van der Waals surface area contributed by atoms with Gasteiger partial charge >= 0.3 is 0 Å². The number of rotatable bonds is 0. The maximum Gasteiger partial charge on any atom is 0.0167 e. The SMILES string of the molecule is C[C@@H]1CNC[C@@H](C)N1. The van der Waals surface area contributed by atoms with Crippen molar-refractivity contribution in [2.75, 3.05) is 13.1 Å². The van der Waals surface area contributed by atoms with Crippen molar-refractivity contribution in [3.63, 3.8) is 0 Å². The van der Waals surface area contributed by atoms with Gasteiger partial charge in [-0.3, -0.25) is 0 Å². The summed E-state index contributed by atoms with van der Waals surface area (Å²) in [6, 6.07) is 1.30. The Labute approximate surface area is 50.7 Å². The fourth-order valence-electron chi connectivity index (χ4n) is 1.12. The van der Waals surface area contributed by atoms with Crippen LogP contribution in [0.25, 0.3) is 0 Å². The predicted octanol–water partition coefficient (Wildman–Crippen LogP) is -0.0438. The van der Waals surface area contributed by atoms with Crippen molar-refractivity contribution in [1.82, 2.24) is 10.6 Å². The summed E-state index contributed by atoms with van der Waals surface area (Å²) in [6.07, 6.45) is 0. The largest absolute Gasteiger partial charge is 0.314 e. The van der Waals surface area contributed by atoms with Crippen LogP contribution in [0.4, 0.5) is 0 Å². The van der Waals surface area contributed by atoms with Crippen LogP contribution >= 0.6 is 0 Å². The first-order valence-electron chi connectivity index (χ1n) is 3.26. The molecule has 1 fully saturated rings. The van der Waals surface area contributed by atoms with Crippen molar-refractivity contribution in [3.05, 3.63) is 0 Å². The molecule has 0 bridgehead atoms. The van der Waals surface area contributed by atoms with E-state index < -0.39 is 0 Å². The minimum Gasteiger partial charge on any atom is -0.314 e. The van der Waals surface area contributed by atoms with Crippen LogP contribution in [0.2, 0.25) is 0 Å². The van der Waals surface area contributed by atoms with Crippen LogP contribution in [0.15, 0.2) is 0 Å². The van der Waals surface area contributed by atoms with E-state index in [-0.39, 0.29) is 0 Å². The molecule has 0 unspecified atom stereocenters. The van der Waals surface area contributed by atoms with E-state index in [1.54, 1.807) is 0 Å². The second-order valence-electron chi connectivity index (χ2n) is 2.63. The third-order valence-corrected chi connectivity index (χ3v) is 1.47. The van der Waals surface area contributed by atoms with Gasteiger partial charge in [-0.1, -0.05) is 0 Å². The fraction of sp³-hybridized carbons (Fsp3) is 1.00. The molecule has 0 saturated carbocycles. The van der Waals surface area contributed by atoms with Crippen LogP contribution in [0.3, 0.4) is 0 Å². The van der Waals surface area contributed by atoms with Gasteiger partial charge < -0.3 is 10.6 Å². The zero-order valence-electron chi connectivity index (χ0n) is 5.57. The minimum absolute atomic E-state index is 0.652. The molecule has 0 aromatic rings. The van der Waals surface area contributed by atoms with E-state index in [2.05, 4.69) is 24.5 Å². The maximum atomic E-state index is 3.42. The van der Waals surface area contributed by atoms with Gasteiger partial charge in [-0.2, -0.15) is 0 Å². The van der Waals surface area contributed by atoms with Gasteiger partial charge in [0.05, 0.1) is 0 Å². The second kappa shape index (κ2) is 2.46. The van der Waals surface area contributed by atoms with Crippen LogP contribution in [-0.2, 0) is 0 Å². The molecule has 2 atom stereocenters. The maximum absolute atomic E-state index is 3.42. The van der Waals surface area contributed by atoms with E-state index in [1.807, 2.05) is 0 Å². The molecule has 2 heteroatoms. The van der Waals surface area contributed by atoms with Crippen molar-refractivity contribution in [2.45, 2.75) is 25.9 Å². The van der Waals surface area contributed by atoms with Crippen molar-refractivity contribution in [3.8, 4) is 0 Å². The average molecular weight is 114 g/mol. The number of piperazine rings is 1. The predicted molar refractivity (Wildman–Crippen MR) is 34.9 cm³/mol. The molecule has 1 saturated heterocycles. The Morgan fingerprint density at radius 2 is 1.62 bits per heavy atom. The van der Waals surface area contributed by atoms with Gasteiger partial charge in [-0.15, -0.1) is 0 Å². The van der Waals surface area contributed by atoms with Gasteiger partial charge in [0.1, 0.15) is 0 Å². The lowest BCUT2D eigenvalue weighted by molar-refractivity contribution is 0.370. The molecule has 0 amide bonds. The highest BCUT2D eigenvalue weighted by Crippen LogP contribution is 1.90. The normalized spacial score (nSPS) is 39.8. The Balaban J connectivity index is 2.23. The van der Waals surface area contributed by atoms with E-state index in [1.165, 1.54) is 0 Å². The molecule has 0 spiro atoms. The molecule has 1 rings (SSSR count). The number of hydrogen-bond donors (Lipinski definition) is 2. The van der Waals surface area contributed by atoms with Crippen molar-refractivity contribution >= 4 is 0 Å². The van der Waals surface area contributed by atoms with Gasteiger partial charge in [0.25, 0.3) is 0 Å². The first-order valence-corrected chi connectivity index (χ1v) is 3.26. The number of nitrogens with one attached hydrogen (secondary N) is 2. The molecule has 0 aliphatic carbocycles. The van der Waals surface area contributed by atoms with E-state index in [4.69, 9.17) is 0 Å². The lowest BCUT2D eigenvalue weighted by Crippen LogP contribution is -2.52. The highest BCUT2D eigenvalue weighted by molar-refractivity contribution is 4.76. The molecule has 0 radical (unpaired) electrons. The standard InChI is InChI=1S/C6H14N2/c1-5-3-7-4-6(2)8-5/h5-8H,3-4H2,1-2H3/t5-,6-/m1/s1. The van der Waals surface area contributed by atoms with Crippen molar-refractivity contribution < 1.29 is 0 Å². The summed E-state index contributed by atoms with van der Waals surface area (Å²) in [5, 5.41) is 6.74. The van der Waals surface area contributed by atoms with Gasteiger partial charge in [0.15, 0.2) is 0 Å². The van der Waals surface area contributed by atoms with Gasteiger partial charge in [-0.25, -0.2) is 0 Å². The van der Waals surface area contributed by atoms with Crippen LogP contribution in [0, 0.1) is 0 Å². The van der Waals surface area contributed by atoms with Crippen LogP contribution in [-0.4, -0.2) is 25.2 Å². The summed E-state index contributed by atoms with van der Waals surface area (Å²) < 4.78 is 0. The zero-order valence-corrected chi connectivity index (χ0v) is 5.57. The lowest BCUT2D eigenvalue weighted by Gasteiger charge is -2.26. The van der Waals surface area contributed by atoms with E-state index in [0.29, 0.717) is 12.1 Å². The molecule has 0 aromatic carbocycles. The van der Waals surface area contributed by atoms with E-state index >= 15 is 0 Å². The summed E-state index contributed by atoms with van der Waals surface area (Å²) in [5.41, 5.74) is 0. The Kier molecular flexibility index (Phi) is 1.86. The summed E-state index contributed by atoms with van der Waals surface area (Å²) in [6.45, 7) is 6.62. The average Bonchev–Trinajstić information content (AvgIpc) is 1.64. The third kappa shape index (κ3) is 1.46. The zero-order chi connectivity index (χ0) is 5.98. The number of hydrogen-bond acceptors (Lipinski definition) is 2. The topological polar surface area (TPSA) is 24.1 Å². The monoisotopic (exact) mass is 114 g/mol. The summed E-state index contributed by atoms with van der Waals surface area (Å²) in [7, 11) is 0. The fourth-order valence-corrected chi connectivity index (χ4v) is 1.12. The lowest BCUT2D eigenvalue weighted by atomic mass is 10.2. The molecule has 1 aliphatic rings. The van der Waals surface area contributed by atoms with Crippen LogP contribution in [0.1, 0.15) is 13.8 Å². The molecule has 1 heterocycles. The summed E-state index contributed by atoms with van der Waals surface area (Å²) >= 11 is 0. The third-order valence-electron chi connectivity index (χ3n) is 1.47. The Morgan fingerprint density at radius 1 is 1.12 bits per heavy atom. The van der Waals surface area contributed by atoms with Gasteiger partial charge in [-0.05, 0) is 13.8 Å². The molecule has 2 nitrogen and oxygen atoms in total. The first kappa shape index (κ1) is 6.05. The smallest absolute Gasteiger partial charge is 0.0167 e. The Bertz CT molecular complexity index is 64.9. The first-order chi connectivity index (χ1) is 3.79. The molecule has 48 valence electrons. The molecular formula is C6H14N2. The molecule has 0 aromatic heterocycles. The molecule has 1 aliphatic heterocycles. The van der Waals surface area contributed by atoms with E-state index in [9.17, 15) is 0 Å². The van der Waals surface area contributed by atoms with E-state index in [0.717, 1.165) is 13.1 Å². The van der Waals surface area contributed by atoms with Crippen molar-refractivity contribution in [1.29, 1.82) is 0 Å². The van der Waals surface area contributed by atoms with Gasteiger partial charge in [0.2, 0.25) is 0 Å². The summed E-state index contributed by atoms with van der Waals surface area (Å²) in [4.78, 5) is 0. The quantitative estimate of drug-likeness (QED) is 0.461. The highest BCUT2D eigenvalue weighted by atomic mass is 15.1. The summed E-state index contributed by atoms with van der Waals surface area (Å²) in [5.74, 6) is 0. The Hall–Kier alpha value is -0.0800. The van der Waals surface area contributed by atoms with Crippen LogP contribution < -0.4 is 10.6 Å². The van der Waals surface area contributed by atoms with Crippen LogP contribution in [0.5, 0.6) is 0 Å². The van der Waals surface area contributed by atoms with Gasteiger partial charge in [0, 0.05) is 25.2 Å². The molecule has 8 heavy (non-hydrogen) atoms. The molecule has 2 N–H and O–H groups in total. The molecular weight excluding hydrogens is 100 g/mol. The Morgan fingerprint density at radius 3 is 1.88 bits per heavy atom. The minimum atomic E-state index is 0.652. The van der Waals surface area contributed by atoms with Crippen molar-refractivity contribution in [2.24, 2.45) is 0 Å². The second-order valence-corrected chi connectivity index (χ2v) is 2.63.